The average molecular weight is 242 g/mol. The van der Waals surface area contributed by atoms with Gasteiger partial charge in [-0.1, -0.05) is 26.0 Å². The van der Waals surface area contributed by atoms with Crippen LogP contribution in [0.5, 0.6) is 0 Å². The number of nitrogens with zero attached hydrogens (tertiary/aromatic N) is 1. The van der Waals surface area contributed by atoms with Crippen molar-refractivity contribution in [3.05, 3.63) is 12.2 Å². The number of hydrogen-bond donors (Lipinski definition) is 2. The minimum Gasteiger partial charge on any atom is -0.480 e. The molecule has 0 rings (SSSR count). The molecule has 17 heavy (non-hydrogen) atoms. The molecule has 0 saturated carbocycles. The highest BCUT2D eigenvalue weighted by Crippen LogP contribution is 2.05. The lowest BCUT2D eigenvalue weighted by Gasteiger charge is -2.22. The van der Waals surface area contributed by atoms with Crippen LogP contribution in [0.2, 0.25) is 0 Å². The van der Waals surface area contributed by atoms with Gasteiger partial charge in [0.05, 0.1) is 0 Å². The normalized spacial score (nSPS) is 12.1. The van der Waals surface area contributed by atoms with Crippen molar-refractivity contribution in [1.82, 2.24) is 10.2 Å². The largest absolute Gasteiger partial charge is 0.480 e. The highest BCUT2D eigenvalue weighted by atomic mass is 16.4. The Morgan fingerprint density at radius 1 is 1.41 bits per heavy atom. The van der Waals surface area contributed by atoms with E-state index >= 15 is 0 Å². The Labute approximate surface area is 102 Å². The first-order valence-electron chi connectivity index (χ1n) is 5.62. The highest BCUT2D eigenvalue weighted by molar-refractivity contribution is 5.82. The SMILES string of the molecule is C=C(C)CN(C)C(=O)N[C@H](CC(C)C)C(=O)O. The monoisotopic (exact) mass is 242 g/mol. The number of carbonyl (C=O) groups is 2. The number of nitrogens with one attached hydrogen (secondary N) is 1. The molecular weight excluding hydrogens is 220 g/mol. The quantitative estimate of drug-likeness (QED) is 0.696. The van der Waals surface area contributed by atoms with E-state index in [9.17, 15) is 9.59 Å². The maximum Gasteiger partial charge on any atom is 0.326 e. The van der Waals surface area contributed by atoms with Gasteiger partial charge in [0.2, 0.25) is 0 Å². The van der Waals surface area contributed by atoms with Gasteiger partial charge >= 0.3 is 12.0 Å². The lowest BCUT2D eigenvalue weighted by molar-refractivity contribution is -0.139. The van der Waals surface area contributed by atoms with Crippen LogP contribution in [0.3, 0.4) is 0 Å². The third-order valence-corrected chi connectivity index (χ3v) is 2.16. The van der Waals surface area contributed by atoms with Crippen molar-refractivity contribution in [3.8, 4) is 0 Å². The molecule has 0 aromatic rings. The van der Waals surface area contributed by atoms with Gasteiger partial charge in [-0.15, -0.1) is 0 Å². The number of amides is 2. The molecule has 0 aliphatic rings. The van der Waals surface area contributed by atoms with Gasteiger partial charge in [0.25, 0.3) is 0 Å². The Hall–Kier alpha value is -1.52. The summed E-state index contributed by atoms with van der Waals surface area (Å²) in [7, 11) is 1.61. The summed E-state index contributed by atoms with van der Waals surface area (Å²) in [6.45, 7) is 9.76. The van der Waals surface area contributed by atoms with Crippen molar-refractivity contribution in [2.24, 2.45) is 5.92 Å². The fraction of sp³-hybridized carbons (Fsp3) is 0.667. The fourth-order valence-corrected chi connectivity index (χ4v) is 1.43. The number of aliphatic carboxylic acids is 1. The van der Waals surface area contributed by atoms with Crippen LogP contribution >= 0.6 is 0 Å². The third-order valence-electron chi connectivity index (χ3n) is 2.16. The highest BCUT2D eigenvalue weighted by Gasteiger charge is 2.22. The van der Waals surface area contributed by atoms with E-state index in [1.54, 1.807) is 7.05 Å². The first-order chi connectivity index (χ1) is 7.73. The van der Waals surface area contributed by atoms with E-state index in [-0.39, 0.29) is 11.9 Å². The Kier molecular flexibility index (Phi) is 6.31. The predicted molar refractivity (Wildman–Crippen MR) is 66.9 cm³/mol. The molecule has 0 aromatic carbocycles. The summed E-state index contributed by atoms with van der Waals surface area (Å²) in [4.78, 5) is 24.1. The molecule has 0 bridgehead atoms. The zero-order chi connectivity index (χ0) is 13.6. The Morgan fingerprint density at radius 2 is 1.94 bits per heavy atom. The van der Waals surface area contributed by atoms with Crippen LogP contribution in [0.15, 0.2) is 12.2 Å². The van der Waals surface area contributed by atoms with E-state index in [1.807, 2.05) is 20.8 Å². The average Bonchev–Trinajstić information content (AvgIpc) is 2.14. The second-order valence-corrected chi connectivity index (χ2v) is 4.78. The number of urea groups is 1. The van der Waals surface area contributed by atoms with Gasteiger partial charge in [-0.25, -0.2) is 9.59 Å². The van der Waals surface area contributed by atoms with E-state index in [2.05, 4.69) is 11.9 Å². The Balaban J connectivity index is 4.39. The summed E-state index contributed by atoms with van der Waals surface area (Å²) in [6, 6.07) is -1.23. The van der Waals surface area contributed by atoms with E-state index in [1.165, 1.54) is 4.90 Å². The van der Waals surface area contributed by atoms with Gasteiger partial charge < -0.3 is 15.3 Å². The summed E-state index contributed by atoms with van der Waals surface area (Å²) in [5.41, 5.74) is 0.846. The standard InChI is InChI=1S/C12H22N2O3/c1-8(2)6-10(11(15)16)13-12(17)14(5)7-9(3)4/h8,10H,3,6-7H2,1-2,4-5H3,(H,13,17)(H,15,16)/t10-/m1/s1. The van der Waals surface area contributed by atoms with E-state index in [0.717, 1.165) is 5.57 Å². The molecule has 2 N–H and O–H groups in total. The van der Waals surface area contributed by atoms with Crippen molar-refractivity contribution in [2.75, 3.05) is 13.6 Å². The first-order valence-corrected chi connectivity index (χ1v) is 5.62. The molecule has 0 heterocycles. The molecule has 0 spiro atoms. The van der Waals surface area contributed by atoms with Crippen LogP contribution in [0, 0.1) is 5.92 Å². The van der Waals surface area contributed by atoms with E-state index in [0.29, 0.717) is 13.0 Å². The second kappa shape index (κ2) is 6.93. The number of hydrogen-bond acceptors (Lipinski definition) is 2. The third kappa shape index (κ3) is 6.60. The molecule has 0 aromatic heterocycles. The number of carboxylic acids is 1. The molecule has 0 unspecified atom stereocenters. The molecule has 2 amide bonds. The topological polar surface area (TPSA) is 69.6 Å². The van der Waals surface area contributed by atoms with Gasteiger partial charge in [-0.3, -0.25) is 0 Å². The van der Waals surface area contributed by atoms with Gasteiger partial charge in [0.15, 0.2) is 0 Å². The molecule has 98 valence electrons. The Morgan fingerprint density at radius 3 is 2.29 bits per heavy atom. The van der Waals surface area contributed by atoms with Gasteiger partial charge in [-0.05, 0) is 19.3 Å². The number of likely N-dealkylation sites (N-methyl/N-ethyl adjacent to an activating group) is 1. The van der Waals surface area contributed by atoms with E-state index < -0.39 is 12.0 Å². The minimum absolute atomic E-state index is 0.211. The summed E-state index contributed by atoms with van der Waals surface area (Å²) < 4.78 is 0. The van der Waals surface area contributed by atoms with Gasteiger partial charge in [0, 0.05) is 13.6 Å². The van der Waals surface area contributed by atoms with Crippen LogP contribution in [0.1, 0.15) is 27.2 Å². The van der Waals surface area contributed by atoms with Crippen molar-refractivity contribution in [2.45, 2.75) is 33.2 Å². The molecule has 5 nitrogen and oxygen atoms in total. The summed E-state index contributed by atoms with van der Waals surface area (Å²) in [6.07, 6.45) is 0.419. The van der Waals surface area contributed by atoms with Crippen molar-refractivity contribution in [1.29, 1.82) is 0 Å². The maximum atomic E-state index is 11.7. The summed E-state index contributed by atoms with van der Waals surface area (Å²) in [5, 5.41) is 11.5. The molecule has 0 radical (unpaired) electrons. The predicted octanol–water partition coefficient (Wildman–Crippen LogP) is 1.70. The van der Waals surface area contributed by atoms with Gasteiger partial charge in [-0.2, -0.15) is 0 Å². The molecule has 0 saturated heterocycles. The molecule has 1 atom stereocenters. The summed E-state index contributed by atoms with van der Waals surface area (Å²) in [5.74, 6) is -0.793. The fourth-order valence-electron chi connectivity index (χ4n) is 1.43. The van der Waals surface area contributed by atoms with Gasteiger partial charge in [0.1, 0.15) is 6.04 Å². The molecule has 0 aliphatic carbocycles. The minimum atomic E-state index is -1.00. The molecular formula is C12H22N2O3. The van der Waals surface area contributed by atoms with Crippen LogP contribution in [0.4, 0.5) is 4.79 Å². The summed E-state index contributed by atoms with van der Waals surface area (Å²) >= 11 is 0. The van der Waals surface area contributed by atoms with Crippen molar-refractivity contribution in [3.63, 3.8) is 0 Å². The second-order valence-electron chi connectivity index (χ2n) is 4.78. The first kappa shape index (κ1) is 15.5. The van der Waals surface area contributed by atoms with Crippen molar-refractivity contribution >= 4 is 12.0 Å². The zero-order valence-corrected chi connectivity index (χ0v) is 11.0. The van der Waals surface area contributed by atoms with Crippen LogP contribution in [-0.2, 0) is 4.79 Å². The zero-order valence-electron chi connectivity index (χ0n) is 11.0. The molecule has 0 fully saturated rings. The number of carbonyl (C=O) groups excluding carboxylic acids is 1. The molecule has 0 aliphatic heterocycles. The lowest BCUT2D eigenvalue weighted by atomic mass is 10.0. The van der Waals surface area contributed by atoms with E-state index in [4.69, 9.17) is 5.11 Å². The van der Waals surface area contributed by atoms with Crippen molar-refractivity contribution < 1.29 is 14.7 Å². The smallest absolute Gasteiger partial charge is 0.326 e. The lowest BCUT2D eigenvalue weighted by Crippen LogP contribution is -2.47. The maximum absolute atomic E-state index is 11.7. The van der Waals surface area contributed by atoms with Crippen LogP contribution in [-0.4, -0.2) is 41.6 Å². The molecule has 5 heteroatoms. The number of carboxylic acid groups (broad SMARTS) is 1. The Bertz CT molecular complexity index is 300. The number of rotatable bonds is 6. The van der Waals surface area contributed by atoms with Crippen LogP contribution in [0.25, 0.3) is 0 Å². The van der Waals surface area contributed by atoms with Crippen LogP contribution < -0.4 is 5.32 Å².